The monoisotopic (exact) mass is 574 g/mol. The zero-order valence-electron chi connectivity index (χ0n) is 23.3. The molecule has 5 nitrogen and oxygen atoms in total. The number of hydrogen-bond donors (Lipinski definition) is 0. The number of halogens is 3. The molecule has 0 bridgehead atoms. The van der Waals surface area contributed by atoms with Gasteiger partial charge in [0.1, 0.15) is 17.3 Å². The fourth-order valence-corrected chi connectivity index (χ4v) is 5.64. The fourth-order valence-electron chi connectivity index (χ4n) is 5.64. The molecule has 0 saturated heterocycles. The summed E-state index contributed by atoms with van der Waals surface area (Å²) in [5.74, 6) is 1.71. The summed E-state index contributed by atoms with van der Waals surface area (Å²) >= 11 is 0. The number of aromatic nitrogens is 4. The van der Waals surface area contributed by atoms with E-state index in [-0.39, 0.29) is 16.9 Å². The lowest BCUT2D eigenvalue weighted by Crippen LogP contribution is -2.14. The maximum atomic E-state index is 14.5. The van der Waals surface area contributed by atoms with Crippen LogP contribution < -0.4 is 4.74 Å². The third-order valence-electron chi connectivity index (χ3n) is 7.46. The highest BCUT2D eigenvalue weighted by molar-refractivity contribution is 6.09. The van der Waals surface area contributed by atoms with Crippen molar-refractivity contribution in [1.82, 2.24) is 19.3 Å². The zero-order chi connectivity index (χ0) is 29.7. The smallest absolute Gasteiger partial charge is 0.434 e. The van der Waals surface area contributed by atoms with Crippen molar-refractivity contribution in [2.24, 2.45) is 0 Å². The van der Waals surface area contributed by atoms with Crippen LogP contribution in [0.2, 0.25) is 0 Å². The Kier molecular flexibility index (Phi) is 6.27. The molecule has 0 atom stereocenters. The maximum Gasteiger partial charge on any atom is 0.434 e. The number of fused-ring (bicyclic) bond motifs is 3. The van der Waals surface area contributed by atoms with E-state index in [1.54, 1.807) is 67.7 Å². The van der Waals surface area contributed by atoms with Gasteiger partial charge in [-0.3, -0.25) is 4.57 Å². The van der Waals surface area contributed by atoms with Gasteiger partial charge >= 0.3 is 6.18 Å². The Bertz CT molecular complexity index is 2130. The Morgan fingerprint density at radius 3 is 2.23 bits per heavy atom. The third kappa shape index (κ3) is 4.70. The average molecular weight is 575 g/mol. The summed E-state index contributed by atoms with van der Waals surface area (Å²) in [4.78, 5) is 4.62. The molecule has 0 aliphatic rings. The van der Waals surface area contributed by atoms with E-state index in [0.717, 1.165) is 37.9 Å². The normalized spacial score (nSPS) is 11.8. The quantitative estimate of drug-likeness (QED) is 0.206. The Hall–Kier alpha value is -5.37. The van der Waals surface area contributed by atoms with Crippen molar-refractivity contribution in [1.29, 1.82) is 0 Å². The van der Waals surface area contributed by atoms with Crippen molar-refractivity contribution in [2.75, 3.05) is 0 Å². The molecular weight excluding hydrogens is 549 g/mol. The van der Waals surface area contributed by atoms with Crippen LogP contribution in [0.5, 0.6) is 11.5 Å². The lowest BCUT2D eigenvalue weighted by Gasteiger charge is -2.14. The summed E-state index contributed by atoms with van der Waals surface area (Å²) in [6.45, 7) is 3.61. The van der Waals surface area contributed by atoms with E-state index in [2.05, 4.69) is 26.8 Å². The van der Waals surface area contributed by atoms with Gasteiger partial charge in [0.05, 0.1) is 22.4 Å². The van der Waals surface area contributed by atoms with Crippen LogP contribution in [0.1, 0.15) is 17.0 Å². The van der Waals surface area contributed by atoms with Gasteiger partial charge in [-0.1, -0.05) is 54.6 Å². The number of benzene rings is 4. The second-order valence-corrected chi connectivity index (χ2v) is 10.4. The summed E-state index contributed by atoms with van der Waals surface area (Å²) in [6, 6.07) is 32.9. The van der Waals surface area contributed by atoms with Crippen LogP contribution in [0.4, 0.5) is 13.2 Å². The number of pyridine rings is 1. The molecule has 0 aliphatic carbocycles. The van der Waals surface area contributed by atoms with Crippen molar-refractivity contribution >= 4 is 21.8 Å². The molecule has 3 heterocycles. The van der Waals surface area contributed by atoms with Gasteiger partial charge < -0.3 is 4.74 Å². The van der Waals surface area contributed by atoms with Crippen LogP contribution >= 0.6 is 0 Å². The predicted octanol–water partition coefficient (Wildman–Crippen LogP) is 9.46. The first-order valence-electron chi connectivity index (χ1n) is 13.7. The number of ether oxygens (including phenoxy) is 1. The highest BCUT2D eigenvalue weighted by Crippen LogP contribution is 2.41. The largest absolute Gasteiger partial charge is 0.457 e. The summed E-state index contributed by atoms with van der Waals surface area (Å²) in [5.41, 5.74) is 3.22. The van der Waals surface area contributed by atoms with Crippen LogP contribution in [0, 0.1) is 13.8 Å². The Morgan fingerprint density at radius 2 is 1.44 bits per heavy atom. The summed E-state index contributed by atoms with van der Waals surface area (Å²) in [6.07, 6.45) is -2.85. The molecule has 0 N–H and O–H groups in total. The van der Waals surface area contributed by atoms with E-state index in [0.29, 0.717) is 17.1 Å². The minimum atomic E-state index is -4.63. The predicted molar refractivity (Wildman–Crippen MR) is 162 cm³/mol. The topological polar surface area (TPSA) is 44.9 Å². The van der Waals surface area contributed by atoms with E-state index in [4.69, 9.17) is 4.74 Å². The van der Waals surface area contributed by atoms with Gasteiger partial charge in [0.2, 0.25) is 0 Å². The lowest BCUT2D eigenvalue weighted by molar-refractivity contribution is -0.142. The molecule has 0 radical (unpaired) electrons. The van der Waals surface area contributed by atoms with Crippen LogP contribution in [0.25, 0.3) is 44.4 Å². The van der Waals surface area contributed by atoms with Crippen molar-refractivity contribution in [2.45, 2.75) is 20.0 Å². The molecule has 43 heavy (non-hydrogen) atoms. The Morgan fingerprint density at radius 1 is 0.698 bits per heavy atom. The number of hydrogen-bond acceptors (Lipinski definition) is 3. The minimum absolute atomic E-state index is 0.0578. The van der Waals surface area contributed by atoms with Crippen LogP contribution in [-0.2, 0) is 6.18 Å². The van der Waals surface area contributed by atoms with Crippen molar-refractivity contribution in [3.05, 3.63) is 132 Å². The van der Waals surface area contributed by atoms with Crippen LogP contribution in [-0.4, -0.2) is 19.3 Å². The van der Waals surface area contributed by atoms with Crippen LogP contribution in [0.15, 0.2) is 115 Å². The van der Waals surface area contributed by atoms with E-state index in [1.165, 1.54) is 0 Å². The molecule has 8 heteroatoms. The first-order chi connectivity index (χ1) is 20.8. The van der Waals surface area contributed by atoms with Gasteiger partial charge in [-0.2, -0.15) is 18.3 Å². The van der Waals surface area contributed by atoms with Gasteiger partial charge in [-0.15, -0.1) is 0 Å². The molecule has 4 aromatic carbocycles. The average Bonchev–Trinajstić information content (AvgIpc) is 3.52. The highest BCUT2D eigenvalue weighted by atomic mass is 19.4. The molecule has 0 spiro atoms. The molecule has 7 rings (SSSR count). The van der Waals surface area contributed by atoms with Gasteiger partial charge in [0.15, 0.2) is 5.69 Å². The number of aryl methyl sites for hydroxylation is 2. The molecule has 0 amide bonds. The molecule has 0 saturated carbocycles. The summed E-state index contributed by atoms with van der Waals surface area (Å²) in [7, 11) is 0. The summed E-state index contributed by atoms with van der Waals surface area (Å²) in [5, 5.41) is 6.44. The minimum Gasteiger partial charge on any atom is -0.457 e. The van der Waals surface area contributed by atoms with Crippen molar-refractivity contribution in [3.63, 3.8) is 0 Å². The molecule has 0 unspecified atom stereocenters. The molecule has 3 aromatic heterocycles. The van der Waals surface area contributed by atoms with Gasteiger partial charge in [-0.25, -0.2) is 9.67 Å². The first kappa shape index (κ1) is 26.5. The molecule has 7 aromatic rings. The number of rotatable bonds is 5. The second kappa shape index (κ2) is 10.2. The standard InChI is InChI=1S/C35H25F3N4O/c1-22-17-18-39-32(19-22)41-30-14-7-6-13-28(30)29-16-15-27(21-31(29)41)43-26-12-8-11-25(20-26)42-34(35(36,37)38)33(23(2)40-42)24-9-4-3-5-10-24/h3-21H,1-2H3. The summed E-state index contributed by atoms with van der Waals surface area (Å²) < 4.78 is 52.7. The molecule has 212 valence electrons. The molecular formula is C35H25F3N4O. The Labute approximate surface area is 245 Å². The van der Waals surface area contributed by atoms with Crippen LogP contribution in [0.3, 0.4) is 0 Å². The van der Waals surface area contributed by atoms with E-state index < -0.39 is 11.9 Å². The lowest BCUT2D eigenvalue weighted by atomic mass is 10.0. The van der Waals surface area contributed by atoms with E-state index >= 15 is 0 Å². The highest BCUT2D eigenvalue weighted by Gasteiger charge is 2.40. The maximum absolute atomic E-state index is 14.5. The zero-order valence-corrected chi connectivity index (χ0v) is 23.3. The van der Waals surface area contributed by atoms with Gasteiger partial charge in [0.25, 0.3) is 0 Å². The van der Waals surface area contributed by atoms with Crippen molar-refractivity contribution in [3.8, 4) is 34.1 Å². The SMILES string of the molecule is Cc1ccnc(-n2c3ccccc3c3ccc(Oc4cccc(-n5nc(C)c(-c6ccccc6)c5C(F)(F)F)c4)cc32)c1. The van der Waals surface area contributed by atoms with Gasteiger partial charge in [-0.05, 0) is 67.4 Å². The molecule has 0 aliphatic heterocycles. The first-order valence-corrected chi connectivity index (χ1v) is 13.7. The molecule has 0 fully saturated rings. The number of nitrogens with zero attached hydrogens (tertiary/aromatic N) is 4. The van der Waals surface area contributed by atoms with E-state index in [9.17, 15) is 13.2 Å². The number of para-hydroxylation sites is 1. The van der Waals surface area contributed by atoms with Crippen molar-refractivity contribution < 1.29 is 17.9 Å². The number of alkyl halides is 3. The van der Waals surface area contributed by atoms with Gasteiger partial charge in [0, 0.05) is 34.7 Å². The second-order valence-electron chi connectivity index (χ2n) is 10.4. The fraction of sp³-hybridized carbons (Fsp3) is 0.0857. The van der Waals surface area contributed by atoms with E-state index in [1.807, 2.05) is 49.4 Å². The Balaban J connectivity index is 1.32. The third-order valence-corrected chi connectivity index (χ3v) is 7.46.